The van der Waals surface area contributed by atoms with Crippen molar-refractivity contribution in [3.05, 3.63) is 29.8 Å². The molecule has 1 fully saturated rings. The van der Waals surface area contributed by atoms with E-state index in [1.165, 1.54) is 19.6 Å². The zero-order valence-corrected chi connectivity index (χ0v) is 12.6. The minimum absolute atomic E-state index is 0.0772. The predicted octanol–water partition coefficient (Wildman–Crippen LogP) is 1.86. The molecule has 2 rings (SSSR count). The monoisotopic (exact) mass is 304 g/mol. The van der Waals surface area contributed by atoms with Crippen LogP contribution >= 0.6 is 0 Å². The average Bonchev–Trinajstić information content (AvgIpc) is 2.55. The Labute approximate surface area is 129 Å². The van der Waals surface area contributed by atoms with Gasteiger partial charge in [-0.2, -0.15) is 0 Å². The summed E-state index contributed by atoms with van der Waals surface area (Å²) in [6.45, 7) is 0. The van der Waals surface area contributed by atoms with Crippen molar-refractivity contribution in [1.29, 1.82) is 0 Å². The first-order valence-corrected chi connectivity index (χ1v) is 7.40. The minimum atomic E-state index is -0.729. The lowest BCUT2D eigenvalue weighted by molar-refractivity contribution is -0.136. The first-order chi connectivity index (χ1) is 10.6. The van der Waals surface area contributed by atoms with Gasteiger partial charge in [-0.1, -0.05) is 25.3 Å². The molecule has 118 valence electrons. The van der Waals surface area contributed by atoms with Gasteiger partial charge in [-0.15, -0.1) is 0 Å². The van der Waals surface area contributed by atoms with Crippen LogP contribution in [0.25, 0.3) is 0 Å². The number of rotatable bonds is 3. The summed E-state index contributed by atoms with van der Waals surface area (Å²) in [5.74, 6) is -1.87. The number of hydrogen-bond acceptors (Lipinski definition) is 4. The molecule has 0 saturated heterocycles. The van der Waals surface area contributed by atoms with Crippen LogP contribution < -0.4 is 10.6 Å². The van der Waals surface area contributed by atoms with Crippen molar-refractivity contribution < 1.29 is 19.1 Å². The molecule has 0 radical (unpaired) electrons. The van der Waals surface area contributed by atoms with Gasteiger partial charge in [0.25, 0.3) is 0 Å². The van der Waals surface area contributed by atoms with Crippen molar-refractivity contribution in [2.75, 3.05) is 12.4 Å². The summed E-state index contributed by atoms with van der Waals surface area (Å²) in [5.41, 5.74) is 0.694. The Morgan fingerprint density at radius 1 is 1.09 bits per heavy atom. The Kier molecular flexibility index (Phi) is 5.52. The van der Waals surface area contributed by atoms with Gasteiger partial charge in [-0.25, -0.2) is 4.79 Å². The maximum Gasteiger partial charge on any atom is 0.337 e. The zero-order chi connectivity index (χ0) is 15.9. The van der Waals surface area contributed by atoms with Gasteiger partial charge in [0.2, 0.25) is 0 Å². The van der Waals surface area contributed by atoms with Gasteiger partial charge in [0.05, 0.1) is 12.7 Å². The summed E-state index contributed by atoms with van der Waals surface area (Å²) in [7, 11) is 1.28. The number of esters is 1. The lowest BCUT2D eigenvalue weighted by Gasteiger charge is -2.22. The highest BCUT2D eigenvalue weighted by atomic mass is 16.5. The molecule has 2 N–H and O–H groups in total. The largest absolute Gasteiger partial charge is 0.465 e. The Morgan fingerprint density at radius 3 is 2.50 bits per heavy atom. The molecule has 0 unspecified atom stereocenters. The molecule has 0 bridgehead atoms. The van der Waals surface area contributed by atoms with Crippen LogP contribution in [0.3, 0.4) is 0 Å². The number of nitrogens with one attached hydrogen (secondary N) is 2. The predicted molar refractivity (Wildman–Crippen MR) is 81.4 cm³/mol. The topological polar surface area (TPSA) is 84.5 Å². The van der Waals surface area contributed by atoms with E-state index in [2.05, 4.69) is 15.4 Å². The highest BCUT2D eigenvalue weighted by Gasteiger charge is 2.20. The van der Waals surface area contributed by atoms with Crippen molar-refractivity contribution >= 4 is 23.5 Å². The number of hydrogen-bond donors (Lipinski definition) is 2. The van der Waals surface area contributed by atoms with Crippen LogP contribution in [0.2, 0.25) is 0 Å². The summed E-state index contributed by atoms with van der Waals surface area (Å²) in [6.07, 6.45) is 5.16. The number of anilines is 1. The molecule has 0 heterocycles. The van der Waals surface area contributed by atoms with E-state index in [9.17, 15) is 14.4 Å². The van der Waals surface area contributed by atoms with Crippen molar-refractivity contribution in [3.8, 4) is 0 Å². The van der Waals surface area contributed by atoms with Crippen molar-refractivity contribution in [2.24, 2.45) is 0 Å². The van der Waals surface area contributed by atoms with Crippen LogP contribution in [-0.2, 0) is 14.3 Å². The van der Waals surface area contributed by atoms with Crippen molar-refractivity contribution in [2.45, 2.75) is 38.1 Å². The maximum absolute atomic E-state index is 11.9. The molecular weight excluding hydrogens is 284 g/mol. The lowest BCUT2D eigenvalue weighted by atomic mass is 9.95. The number of carbonyl (C=O) groups excluding carboxylic acids is 3. The molecule has 0 spiro atoms. The minimum Gasteiger partial charge on any atom is -0.465 e. The van der Waals surface area contributed by atoms with E-state index in [-0.39, 0.29) is 6.04 Å². The Balaban J connectivity index is 1.93. The van der Waals surface area contributed by atoms with Gasteiger partial charge in [0.15, 0.2) is 0 Å². The zero-order valence-electron chi connectivity index (χ0n) is 12.6. The molecule has 0 aliphatic heterocycles. The number of benzene rings is 1. The standard InChI is InChI=1S/C16H20N2O4/c1-22-16(21)11-6-5-9-13(10-11)18-15(20)14(19)17-12-7-3-2-4-8-12/h5-6,9-10,12H,2-4,7-8H2,1H3,(H,17,19)(H,18,20). The molecule has 1 aromatic rings. The van der Waals surface area contributed by atoms with Crippen LogP contribution in [0.15, 0.2) is 24.3 Å². The Morgan fingerprint density at radius 2 is 1.82 bits per heavy atom. The van der Waals surface area contributed by atoms with Gasteiger partial charge in [-0.05, 0) is 31.0 Å². The molecular formula is C16H20N2O4. The second-order valence-corrected chi connectivity index (χ2v) is 5.33. The van der Waals surface area contributed by atoms with Gasteiger partial charge in [0.1, 0.15) is 0 Å². The molecule has 0 aromatic heterocycles. The second-order valence-electron chi connectivity index (χ2n) is 5.33. The SMILES string of the molecule is COC(=O)c1cccc(NC(=O)C(=O)NC2CCCCC2)c1. The van der Waals surface area contributed by atoms with Crippen molar-refractivity contribution in [1.82, 2.24) is 5.32 Å². The Hall–Kier alpha value is -2.37. The number of methoxy groups -OCH3 is 1. The smallest absolute Gasteiger partial charge is 0.337 e. The van der Waals surface area contributed by atoms with Crippen LogP contribution in [-0.4, -0.2) is 30.9 Å². The van der Waals surface area contributed by atoms with E-state index in [1.807, 2.05) is 0 Å². The second kappa shape index (κ2) is 7.59. The molecule has 0 atom stereocenters. The fourth-order valence-corrected chi connectivity index (χ4v) is 2.53. The first kappa shape index (κ1) is 16.0. The third-order valence-corrected chi connectivity index (χ3v) is 3.69. The molecule has 6 nitrogen and oxygen atoms in total. The van der Waals surface area contributed by atoms with E-state index >= 15 is 0 Å². The van der Waals surface area contributed by atoms with E-state index in [4.69, 9.17) is 0 Å². The number of amides is 2. The summed E-state index contributed by atoms with van der Waals surface area (Å²) in [6, 6.07) is 6.34. The lowest BCUT2D eigenvalue weighted by Crippen LogP contribution is -2.42. The van der Waals surface area contributed by atoms with Gasteiger partial charge in [-0.3, -0.25) is 9.59 Å². The van der Waals surface area contributed by atoms with Crippen LogP contribution in [0.4, 0.5) is 5.69 Å². The molecule has 2 amide bonds. The van der Waals surface area contributed by atoms with Crippen LogP contribution in [0.1, 0.15) is 42.5 Å². The Bertz CT molecular complexity index is 565. The molecule has 22 heavy (non-hydrogen) atoms. The van der Waals surface area contributed by atoms with E-state index in [1.54, 1.807) is 18.2 Å². The fourth-order valence-electron chi connectivity index (χ4n) is 2.53. The molecule has 1 aliphatic rings. The maximum atomic E-state index is 11.9. The summed E-state index contributed by atoms with van der Waals surface area (Å²) < 4.78 is 4.61. The summed E-state index contributed by atoms with van der Waals surface area (Å²) in [4.78, 5) is 35.2. The number of carbonyl (C=O) groups is 3. The average molecular weight is 304 g/mol. The fraction of sp³-hybridized carbons (Fsp3) is 0.438. The third-order valence-electron chi connectivity index (χ3n) is 3.69. The van der Waals surface area contributed by atoms with Gasteiger partial charge < -0.3 is 15.4 Å². The van der Waals surface area contributed by atoms with Crippen LogP contribution in [0, 0.1) is 0 Å². The highest BCUT2D eigenvalue weighted by Crippen LogP contribution is 2.17. The number of ether oxygens (including phenoxy) is 1. The van der Waals surface area contributed by atoms with Crippen LogP contribution in [0.5, 0.6) is 0 Å². The molecule has 1 saturated carbocycles. The van der Waals surface area contributed by atoms with Crippen molar-refractivity contribution in [3.63, 3.8) is 0 Å². The third kappa shape index (κ3) is 4.31. The summed E-state index contributed by atoms with van der Waals surface area (Å²) in [5, 5.41) is 5.24. The molecule has 6 heteroatoms. The normalized spacial score (nSPS) is 15.0. The quantitative estimate of drug-likeness (QED) is 0.659. The first-order valence-electron chi connectivity index (χ1n) is 7.40. The highest BCUT2D eigenvalue weighted by molar-refractivity contribution is 6.39. The van der Waals surface area contributed by atoms with E-state index < -0.39 is 17.8 Å². The van der Waals surface area contributed by atoms with E-state index in [0.29, 0.717) is 11.3 Å². The van der Waals surface area contributed by atoms with E-state index in [0.717, 1.165) is 25.7 Å². The summed E-state index contributed by atoms with van der Waals surface area (Å²) >= 11 is 0. The molecule has 1 aromatic carbocycles. The molecule has 1 aliphatic carbocycles. The van der Waals surface area contributed by atoms with Gasteiger partial charge >= 0.3 is 17.8 Å². The van der Waals surface area contributed by atoms with Gasteiger partial charge in [0, 0.05) is 11.7 Å².